The van der Waals surface area contributed by atoms with Crippen LogP contribution in [0.4, 0.5) is 0 Å². The van der Waals surface area contributed by atoms with Gasteiger partial charge in [0.15, 0.2) is 0 Å². The third-order valence-electron chi connectivity index (χ3n) is 3.79. The number of hydrogen-bond donors (Lipinski definition) is 2. The van der Waals surface area contributed by atoms with Crippen LogP contribution in [-0.4, -0.2) is 19.6 Å². The van der Waals surface area contributed by atoms with Crippen LogP contribution in [0.3, 0.4) is 0 Å². The molecule has 2 N–H and O–H groups in total. The number of hydrogen-bond acceptors (Lipinski definition) is 3. The van der Waals surface area contributed by atoms with Crippen LogP contribution in [0.5, 0.6) is 0 Å². The molecule has 106 valence electrons. The zero-order valence-corrected chi connectivity index (χ0v) is 12.4. The molecule has 1 aromatic carbocycles. The molecule has 0 atom stereocenters. The van der Waals surface area contributed by atoms with Crippen LogP contribution in [0.1, 0.15) is 36.5 Å². The molecule has 0 bridgehead atoms. The highest BCUT2D eigenvalue weighted by molar-refractivity contribution is 7.89. The van der Waals surface area contributed by atoms with Gasteiger partial charge in [0, 0.05) is 6.04 Å². The summed E-state index contributed by atoms with van der Waals surface area (Å²) < 4.78 is 27.4. The van der Waals surface area contributed by atoms with Crippen LogP contribution in [0.25, 0.3) is 0 Å². The highest BCUT2D eigenvalue weighted by Gasteiger charge is 2.30. The molecule has 0 amide bonds. The average molecular weight is 283 g/mol. The van der Waals surface area contributed by atoms with Crippen LogP contribution < -0.4 is 4.72 Å². The lowest BCUT2D eigenvalue weighted by atomic mass is 9.83. The second kappa shape index (κ2) is 5.23. The summed E-state index contributed by atoms with van der Waals surface area (Å²) in [5.41, 5.74) is 2.29. The van der Waals surface area contributed by atoms with E-state index in [2.05, 4.69) is 11.6 Å². The lowest BCUT2D eigenvalue weighted by molar-refractivity contribution is 0.270. The van der Waals surface area contributed by atoms with Crippen molar-refractivity contribution in [2.45, 2.75) is 51.2 Å². The normalized spacial score (nSPS) is 23.2. The van der Waals surface area contributed by atoms with Gasteiger partial charge < -0.3 is 5.11 Å². The summed E-state index contributed by atoms with van der Waals surface area (Å²) in [6, 6.07) is 3.44. The second-order valence-corrected chi connectivity index (χ2v) is 7.28. The summed E-state index contributed by atoms with van der Waals surface area (Å²) in [5.74, 6) is 0.597. The number of nitrogens with one attached hydrogen (secondary N) is 1. The molecule has 1 saturated carbocycles. The minimum absolute atomic E-state index is 0.0540. The summed E-state index contributed by atoms with van der Waals surface area (Å²) in [6.07, 6.45) is 1.80. The monoisotopic (exact) mass is 283 g/mol. The first-order valence-corrected chi connectivity index (χ1v) is 8.05. The zero-order chi connectivity index (χ0) is 14.2. The van der Waals surface area contributed by atoms with Crippen LogP contribution in [0.2, 0.25) is 0 Å². The van der Waals surface area contributed by atoms with Crippen molar-refractivity contribution in [1.82, 2.24) is 4.72 Å². The first kappa shape index (κ1) is 14.5. The lowest BCUT2D eigenvalue weighted by Gasteiger charge is -2.33. The van der Waals surface area contributed by atoms with E-state index in [1.807, 2.05) is 13.0 Å². The number of benzene rings is 1. The molecule has 0 aromatic heterocycles. The molecule has 0 spiro atoms. The smallest absolute Gasteiger partial charge is 0.241 e. The number of aliphatic hydroxyl groups excluding tert-OH is 1. The maximum atomic E-state index is 12.3. The predicted octanol–water partition coefficient (Wildman–Crippen LogP) is 1.87. The Morgan fingerprint density at radius 2 is 1.89 bits per heavy atom. The second-order valence-electron chi connectivity index (χ2n) is 5.60. The molecule has 1 aromatic rings. The van der Waals surface area contributed by atoms with Gasteiger partial charge >= 0.3 is 0 Å². The summed E-state index contributed by atoms with van der Waals surface area (Å²) in [4.78, 5) is 0.279. The third-order valence-corrected chi connectivity index (χ3v) is 5.45. The molecule has 1 aliphatic carbocycles. The van der Waals surface area contributed by atoms with Gasteiger partial charge in [0.1, 0.15) is 0 Å². The lowest BCUT2D eigenvalue weighted by Crippen LogP contribution is -2.43. The number of rotatable bonds is 4. The van der Waals surface area contributed by atoms with Crippen molar-refractivity contribution in [2.75, 3.05) is 0 Å². The highest BCUT2D eigenvalue weighted by atomic mass is 32.2. The predicted molar refractivity (Wildman–Crippen MR) is 74.3 cm³/mol. The zero-order valence-electron chi connectivity index (χ0n) is 11.6. The molecule has 0 radical (unpaired) electrons. The van der Waals surface area contributed by atoms with Crippen molar-refractivity contribution in [3.63, 3.8) is 0 Å². The van der Waals surface area contributed by atoms with E-state index in [1.165, 1.54) is 0 Å². The highest BCUT2D eigenvalue weighted by Crippen LogP contribution is 2.29. The SMILES string of the molecule is Cc1cc(C)c(S(=O)(=O)NC2CC(C)C2)cc1CO. The molecule has 0 heterocycles. The average Bonchev–Trinajstić information content (AvgIpc) is 2.26. The largest absolute Gasteiger partial charge is 0.392 e. The Balaban J connectivity index is 2.29. The molecule has 0 aliphatic heterocycles. The van der Waals surface area contributed by atoms with Gasteiger partial charge in [0.25, 0.3) is 0 Å². The van der Waals surface area contributed by atoms with Gasteiger partial charge in [-0.2, -0.15) is 0 Å². The Hall–Kier alpha value is -0.910. The van der Waals surface area contributed by atoms with Gasteiger partial charge in [-0.1, -0.05) is 13.0 Å². The topological polar surface area (TPSA) is 66.4 Å². The van der Waals surface area contributed by atoms with E-state index in [0.717, 1.165) is 24.0 Å². The van der Waals surface area contributed by atoms with Crippen molar-refractivity contribution in [1.29, 1.82) is 0 Å². The quantitative estimate of drug-likeness (QED) is 0.886. The molecule has 2 rings (SSSR count). The summed E-state index contributed by atoms with van der Waals surface area (Å²) in [5, 5.41) is 9.26. The molecule has 1 fully saturated rings. The fourth-order valence-electron chi connectivity index (χ4n) is 2.62. The van der Waals surface area contributed by atoms with Crippen LogP contribution >= 0.6 is 0 Å². The third kappa shape index (κ3) is 2.99. The Morgan fingerprint density at radius 3 is 2.42 bits per heavy atom. The van der Waals surface area contributed by atoms with E-state index in [1.54, 1.807) is 13.0 Å². The Bertz CT molecular complexity index is 575. The van der Waals surface area contributed by atoms with Crippen molar-refractivity contribution in [3.8, 4) is 0 Å². The molecule has 0 unspecified atom stereocenters. The van der Waals surface area contributed by atoms with Gasteiger partial charge in [-0.15, -0.1) is 0 Å². The Morgan fingerprint density at radius 1 is 1.26 bits per heavy atom. The van der Waals surface area contributed by atoms with Gasteiger partial charge in [-0.25, -0.2) is 13.1 Å². The fourth-order valence-corrected chi connectivity index (χ4v) is 4.15. The van der Waals surface area contributed by atoms with Crippen LogP contribution in [0.15, 0.2) is 17.0 Å². The minimum Gasteiger partial charge on any atom is -0.392 e. The Labute approximate surface area is 114 Å². The van der Waals surface area contributed by atoms with E-state index < -0.39 is 10.0 Å². The first-order valence-electron chi connectivity index (χ1n) is 6.57. The number of aryl methyl sites for hydroxylation is 2. The van der Waals surface area contributed by atoms with E-state index in [0.29, 0.717) is 11.5 Å². The molecule has 0 saturated heterocycles. The van der Waals surface area contributed by atoms with Crippen molar-refractivity contribution in [3.05, 3.63) is 28.8 Å². The van der Waals surface area contributed by atoms with E-state index >= 15 is 0 Å². The van der Waals surface area contributed by atoms with Crippen molar-refractivity contribution < 1.29 is 13.5 Å². The summed E-state index contributed by atoms with van der Waals surface area (Å²) in [7, 11) is -3.48. The van der Waals surface area contributed by atoms with E-state index in [9.17, 15) is 13.5 Å². The standard InChI is InChI=1S/C14H21NO3S/c1-9-4-13(5-9)15-19(17,18)14-7-12(8-16)10(2)6-11(14)3/h6-7,9,13,15-16H,4-5,8H2,1-3H3. The first-order chi connectivity index (χ1) is 8.83. The van der Waals surface area contributed by atoms with Gasteiger partial charge in [-0.3, -0.25) is 0 Å². The molecular formula is C14H21NO3S. The van der Waals surface area contributed by atoms with Gasteiger partial charge in [-0.05, 0) is 55.4 Å². The summed E-state index contributed by atoms with van der Waals surface area (Å²) >= 11 is 0. The van der Waals surface area contributed by atoms with Crippen molar-refractivity contribution >= 4 is 10.0 Å². The van der Waals surface area contributed by atoms with Gasteiger partial charge in [0.05, 0.1) is 11.5 Å². The molecular weight excluding hydrogens is 262 g/mol. The molecule has 4 nitrogen and oxygen atoms in total. The Kier molecular flexibility index (Phi) is 3.99. The van der Waals surface area contributed by atoms with E-state index in [-0.39, 0.29) is 17.5 Å². The number of aliphatic hydroxyl groups is 1. The van der Waals surface area contributed by atoms with Crippen LogP contribution in [0, 0.1) is 19.8 Å². The van der Waals surface area contributed by atoms with Crippen LogP contribution in [-0.2, 0) is 16.6 Å². The number of sulfonamides is 1. The maximum Gasteiger partial charge on any atom is 0.241 e. The van der Waals surface area contributed by atoms with Gasteiger partial charge in [0.2, 0.25) is 10.0 Å². The molecule has 19 heavy (non-hydrogen) atoms. The van der Waals surface area contributed by atoms with E-state index in [4.69, 9.17) is 0 Å². The maximum absolute atomic E-state index is 12.3. The minimum atomic E-state index is -3.48. The molecule has 1 aliphatic rings. The summed E-state index contributed by atoms with van der Waals surface area (Å²) in [6.45, 7) is 5.63. The van der Waals surface area contributed by atoms with Crippen molar-refractivity contribution in [2.24, 2.45) is 5.92 Å². The molecule has 5 heteroatoms. The fraction of sp³-hybridized carbons (Fsp3) is 0.571.